The van der Waals surface area contributed by atoms with Crippen LogP contribution in [0.4, 0.5) is 0 Å². The minimum Gasteiger partial charge on any atom is -0.492 e. The van der Waals surface area contributed by atoms with Crippen molar-refractivity contribution in [2.75, 3.05) is 13.2 Å². The van der Waals surface area contributed by atoms with Crippen LogP contribution in [-0.4, -0.2) is 28.6 Å². The number of fused-ring (bicyclic) bond motifs is 1. The molecular formula is C29H33N3O2. The average molecular weight is 456 g/mol. The van der Waals surface area contributed by atoms with E-state index in [9.17, 15) is 4.79 Å². The lowest BCUT2D eigenvalue weighted by molar-refractivity contribution is -0.120. The van der Waals surface area contributed by atoms with E-state index in [1.165, 1.54) is 5.56 Å². The number of rotatable bonds is 12. The molecule has 0 radical (unpaired) electrons. The highest BCUT2D eigenvalue weighted by atomic mass is 16.5. The fourth-order valence-electron chi connectivity index (χ4n) is 4.18. The smallest absolute Gasteiger partial charge is 0.224 e. The molecule has 0 aliphatic carbocycles. The zero-order valence-corrected chi connectivity index (χ0v) is 19.9. The Morgan fingerprint density at radius 1 is 0.941 bits per heavy atom. The first-order valence-electron chi connectivity index (χ1n) is 12.1. The number of para-hydroxylation sites is 2. The molecule has 0 unspecified atom stereocenters. The van der Waals surface area contributed by atoms with E-state index in [4.69, 9.17) is 9.72 Å². The van der Waals surface area contributed by atoms with Crippen LogP contribution >= 0.6 is 0 Å². The summed E-state index contributed by atoms with van der Waals surface area (Å²) in [6.45, 7) is 4.15. The zero-order chi connectivity index (χ0) is 23.6. The number of aryl methyl sites for hydroxylation is 2. The summed E-state index contributed by atoms with van der Waals surface area (Å²) >= 11 is 0. The first kappa shape index (κ1) is 23.6. The van der Waals surface area contributed by atoms with Crippen molar-refractivity contribution in [2.24, 2.45) is 0 Å². The molecule has 0 spiro atoms. The summed E-state index contributed by atoms with van der Waals surface area (Å²) in [7, 11) is 0. The van der Waals surface area contributed by atoms with Crippen molar-refractivity contribution in [2.45, 2.75) is 45.6 Å². The number of nitrogens with zero attached hydrogens (tertiary/aromatic N) is 2. The van der Waals surface area contributed by atoms with Crippen LogP contribution in [0.15, 0.2) is 78.9 Å². The lowest BCUT2D eigenvalue weighted by atomic mass is 10.1. The summed E-state index contributed by atoms with van der Waals surface area (Å²) in [4.78, 5) is 17.0. The second-order valence-corrected chi connectivity index (χ2v) is 8.66. The summed E-state index contributed by atoms with van der Waals surface area (Å²) < 4.78 is 8.28. The molecule has 5 nitrogen and oxygen atoms in total. The Balaban J connectivity index is 1.24. The predicted molar refractivity (Wildman–Crippen MR) is 137 cm³/mol. The van der Waals surface area contributed by atoms with Gasteiger partial charge in [-0.1, -0.05) is 61.0 Å². The Hall–Kier alpha value is -3.60. The molecule has 3 aromatic carbocycles. The van der Waals surface area contributed by atoms with Gasteiger partial charge < -0.3 is 14.6 Å². The van der Waals surface area contributed by atoms with Crippen LogP contribution in [0.3, 0.4) is 0 Å². The fourth-order valence-corrected chi connectivity index (χ4v) is 4.18. The molecule has 34 heavy (non-hydrogen) atoms. The van der Waals surface area contributed by atoms with Crippen LogP contribution in [0.1, 0.15) is 36.2 Å². The van der Waals surface area contributed by atoms with Gasteiger partial charge in [0.2, 0.25) is 5.91 Å². The summed E-state index contributed by atoms with van der Waals surface area (Å²) in [5.74, 6) is 2.09. The molecule has 176 valence electrons. The molecule has 0 aliphatic rings. The number of hydrogen-bond acceptors (Lipinski definition) is 3. The SMILES string of the molecule is Cc1cccc(OCCn2c(CCCCCNC(=O)Cc3ccccc3)nc3ccccc32)c1. The van der Waals surface area contributed by atoms with Gasteiger partial charge in [-0.15, -0.1) is 0 Å². The van der Waals surface area contributed by atoms with Gasteiger partial charge in [-0.05, 0) is 55.2 Å². The number of hydrogen-bond donors (Lipinski definition) is 1. The molecule has 0 aliphatic heterocycles. The van der Waals surface area contributed by atoms with Crippen LogP contribution in [0, 0.1) is 6.92 Å². The molecule has 4 rings (SSSR count). The van der Waals surface area contributed by atoms with E-state index in [0.29, 0.717) is 19.6 Å². The van der Waals surface area contributed by atoms with E-state index in [1.54, 1.807) is 0 Å². The highest BCUT2D eigenvalue weighted by Gasteiger charge is 2.10. The lowest BCUT2D eigenvalue weighted by Crippen LogP contribution is -2.26. The van der Waals surface area contributed by atoms with Crippen LogP contribution in [0.25, 0.3) is 11.0 Å². The number of carbonyl (C=O) groups is 1. The molecule has 1 heterocycles. The van der Waals surface area contributed by atoms with Crippen LogP contribution in [0.5, 0.6) is 5.75 Å². The van der Waals surface area contributed by atoms with E-state index in [-0.39, 0.29) is 5.91 Å². The summed E-state index contributed by atoms with van der Waals surface area (Å²) in [5, 5.41) is 3.03. The Bertz CT molecular complexity index is 1200. The molecule has 0 saturated heterocycles. The summed E-state index contributed by atoms with van der Waals surface area (Å²) in [6, 6.07) is 26.3. The molecule has 5 heteroatoms. The molecule has 4 aromatic rings. The number of benzene rings is 3. The summed E-state index contributed by atoms with van der Waals surface area (Å²) in [6.07, 6.45) is 4.41. The summed E-state index contributed by atoms with van der Waals surface area (Å²) in [5.41, 5.74) is 4.42. The highest BCUT2D eigenvalue weighted by Crippen LogP contribution is 2.19. The van der Waals surface area contributed by atoms with Crippen molar-refractivity contribution in [1.82, 2.24) is 14.9 Å². The minimum absolute atomic E-state index is 0.0848. The number of aromatic nitrogens is 2. The predicted octanol–water partition coefficient (Wildman–Crippen LogP) is 5.50. The third-order valence-corrected chi connectivity index (χ3v) is 5.91. The maximum atomic E-state index is 12.1. The molecular weight excluding hydrogens is 422 g/mol. The molecule has 1 amide bonds. The Labute approximate surface area is 201 Å². The molecule has 1 aromatic heterocycles. The van der Waals surface area contributed by atoms with Gasteiger partial charge in [0.1, 0.15) is 18.2 Å². The van der Waals surface area contributed by atoms with Crippen LogP contribution in [-0.2, 0) is 24.2 Å². The minimum atomic E-state index is 0.0848. The van der Waals surface area contributed by atoms with E-state index in [2.05, 4.69) is 47.1 Å². The quantitative estimate of drug-likeness (QED) is 0.287. The largest absolute Gasteiger partial charge is 0.492 e. The van der Waals surface area contributed by atoms with Crippen molar-refractivity contribution >= 4 is 16.9 Å². The van der Waals surface area contributed by atoms with Gasteiger partial charge in [-0.3, -0.25) is 4.79 Å². The van der Waals surface area contributed by atoms with Gasteiger partial charge in [-0.25, -0.2) is 4.98 Å². The number of carbonyl (C=O) groups excluding carboxylic acids is 1. The van der Waals surface area contributed by atoms with Crippen molar-refractivity contribution in [3.05, 3.63) is 95.8 Å². The molecule has 0 saturated carbocycles. The van der Waals surface area contributed by atoms with Crippen molar-refractivity contribution in [1.29, 1.82) is 0 Å². The van der Waals surface area contributed by atoms with Crippen molar-refractivity contribution in [3.63, 3.8) is 0 Å². The molecule has 1 N–H and O–H groups in total. The number of imidazole rings is 1. The van der Waals surface area contributed by atoms with E-state index < -0.39 is 0 Å². The topological polar surface area (TPSA) is 56.1 Å². The lowest BCUT2D eigenvalue weighted by Gasteiger charge is -2.11. The molecule has 0 atom stereocenters. The maximum absolute atomic E-state index is 12.1. The third kappa shape index (κ3) is 6.70. The fraction of sp³-hybridized carbons (Fsp3) is 0.310. The van der Waals surface area contributed by atoms with Gasteiger partial charge in [0.25, 0.3) is 0 Å². The number of unbranched alkanes of at least 4 members (excludes halogenated alkanes) is 2. The first-order valence-corrected chi connectivity index (χ1v) is 12.1. The van der Waals surface area contributed by atoms with Gasteiger partial charge in [0.15, 0.2) is 0 Å². The number of amides is 1. The van der Waals surface area contributed by atoms with Gasteiger partial charge in [0, 0.05) is 13.0 Å². The Morgan fingerprint density at radius 2 is 1.76 bits per heavy atom. The monoisotopic (exact) mass is 455 g/mol. The van der Waals surface area contributed by atoms with Crippen LogP contribution < -0.4 is 10.1 Å². The number of ether oxygens (including phenoxy) is 1. The van der Waals surface area contributed by atoms with Crippen LogP contribution in [0.2, 0.25) is 0 Å². The van der Waals surface area contributed by atoms with Gasteiger partial charge in [-0.2, -0.15) is 0 Å². The first-order chi connectivity index (χ1) is 16.7. The second-order valence-electron chi connectivity index (χ2n) is 8.66. The second kappa shape index (κ2) is 12.0. The van der Waals surface area contributed by atoms with Gasteiger partial charge in [0.05, 0.1) is 24.0 Å². The Kier molecular flexibility index (Phi) is 8.33. The molecule has 0 bridgehead atoms. The van der Waals surface area contributed by atoms with Crippen molar-refractivity contribution in [3.8, 4) is 5.75 Å². The van der Waals surface area contributed by atoms with E-state index in [0.717, 1.165) is 60.4 Å². The third-order valence-electron chi connectivity index (χ3n) is 5.91. The standard InChI is InChI=1S/C29H33N3O2/c1-23-11-10-14-25(21-23)34-20-19-32-27-16-8-7-15-26(27)31-28(32)17-6-3-9-18-30-29(33)22-24-12-4-2-5-13-24/h2,4-5,7-8,10-16,21H,3,6,9,17-20,22H2,1H3,(H,30,33). The Morgan fingerprint density at radius 3 is 2.62 bits per heavy atom. The maximum Gasteiger partial charge on any atom is 0.224 e. The normalized spacial score (nSPS) is 11.0. The highest BCUT2D eigenvalue weighted by molar-refractivity contribution is 5.78. The van der Waals surface area contributed by atoms with Gasteiger partial charge >= 0.3 is 0 Å². The van der Waals surface area contributed by atoms with E-state index in [1.807, 2.05) is 48.5 Å². The average Bonchev–Trinajstić information content (AvgIpc) is 3.19. The molecule has 0 fully saturated rings. The zero-order valence-electron chi connectivity index (χ0n) is 19.9. The number of nitrogens with one attached hydrogen (secondary N) is 1. The van der Waals surface area contributed by atoms with Crippen molar-refractivity contribution < 1.29 is 9.53 Å². The van der Waals surface area contributed by atoms with E-state index >= 15 is 0 Å².